The van der Waals surface area contributed by atoms with Gasteiger partial charge >= 0.3 is 5.97 Å². The second kappa shape index (κ2) is 6.19. The summed E-state index contributed by atoms with van der Waals surface area (Å²) in [6.07, 6.45) is 1.74. The van der Waals surface area contributed by atoms with E-state index in [4.69, 9.17) is 4.74 Å². The van der Waals surface area contributed by atoms with Crippen molar-refractivity contribution in [1.82, 2.24) is 4.98 Å². The molecular formula is C16H18N2O2. The van der Waals surface area contributed by atoms with Crippen LogP contribution in [-0.4, -0.2) is 18.1 Å². The summed E-state index contributed by atoms with van der Waals surface area (Å²) in [5.41, 5.74) is 2.98. The molecule has 0 saturated heterocycles. The third kappa shape index (κ3) is 3.15. The molecule has 0 aliphatic carbocycles. The number of esters is 1. The normalized spacial score (nSPS) is 11.8. The lowest BCUT2D eigenvalue weighted by Crippen LogP contribution is -2.11. The standard InChI is InChI=1S/C16H18N2O2/c1-11-10-13(12(2)16(19)20-3)7-8-14(11)18-15-6-4-5-9-17-15/h4-10,12H,1-3H3,(H,17,18)/t12-/m0/s1. The van der Waals surface area contributed by atoms with Gasteiger partial charge in [-0.25, -0.2) is 4.98 Å². The summed E-state index contributed by atoms with van der Waals surface area (Å²) >= 11 is 0. The highest BCUT2D eigenvalue weighted by Crippen LogP contribution is 2.24. The van der Waals surface area contributed by atoms with Crippen molar-refractivity contribution in [2.24, 2.45) is 0 Å². The average Bonchev–Trinajstić information content (AvgIpc) is 2.48. The first kappa shape index (κ1) is 14.1. The number of anilines is 2. The van der Waals surface area contributed by atoms with Crippen molar-refractivity contribution >= 4 is 17.5 Å². The molecule has 0 amide bonds. The SMILES string of the molecule is COC(=O)[C@@H](C)c1ccc(Nc2ccccn2)c(C)c1. The van der Waals surface area contributed by atoms with Crippen LogP contribution in [0.1, 0.15) is 24.0 Å². The number of rotatable bonds is 4. The Bertz CT molecular complexity index is 597. The number of aryl methyl sites for hydroxylation is 1. The van der Waals surface area contributed by atoms with Gasteiger partial charge in [0.1, 0.15) is 5.82 Å². The molecule has 0 bridgehead atoms. The number of aromatic nitrogens is 1. The van der Waals surface area contributed by atoms with Gasteiger partial charge in [0.15, 0.2) is 0 Å². The molecule has 1 heterocycles. The lowest BCUT2D eigenvalue weighted by Gasteiger charge is -2.13. The van der Waals surface area contributed by atoms with E-state index in [0.29, 0.717) is 0 Å². The van der Waals surface area contributed by atoms with Gasteiger partial charge in [0.05, 0.1) is 13.0 Å². The first-order chi connectivity index (χ1) is 9.61. The molecule has 0 fully saturated rings. The highest BCUT2D eigenvalue weighted by atomic mass is 16.5. The van der Waals surface area contributed by atoms with Gasteiger partial charge in [-0.05, 0) is 43.2 Å². The van der Waals surface area contributed by atoms with Crippen LogP contribution in [0.2, 0.25) is 0 Å². The first-order valence-electron chi connectivity index (χ1n) is 6.48. The maximum Gasteiger partial charge on any atom is 0.312 e. The number of methoxy groups -OCH3 is 1. The monoisotopic (exact) mass is 270 g/mol. The zero-order valence-corrected chi connectivity index (χ0v) is 11.9. The molecular weight excluding hydrogens is 252 g/mol. The minimum absolute atomic E-state index is 0.227. The fraction of sp³-hybridized carbons (Fsp3) is 0.250. The minimum Gasteiger partial charge on any atom is -0.469 e. The molecule has 0 radical (unpaired) electrons. The van der Waals surface area contributed by atoms with Crippen molar-refractivity contribution in [3.63, 3.8) is 0 Å². The van der Waals surface area contributed by atoms with Gasteiger partial charge in [-0.2, -0.15) is 0 Å². The van der Waals surface area contributed by atoms with Gasteiger partial charge in [-0.1, -0.05) is 18.2 Å². The molecule has 1 aromatic heterocycles. The summed E-state index contributed by atoms with van der Waals surface area (Å²) in [6, 6.07) is 11.6. The van der Waals surface area contributed by atoms with E-state index < -0.39 is 0 Å². The lowest BCUT2D eigenvalue weighted by molar-refractivity contribution is -0.141. The molecule has 4 heteroatoms. The van der Waals surface area contributed by atoms with Crippen LogP contribution in [0.5, 0.6) is 0 Å². The van der Waals surface area contributed by atoms with Gasteiger partial charge < -0.3 is 10.1 Å². The molecule has 4 nitrogen and oxygen atoms in total. The van der Waals surface area contributed by atoms with E-state index >= 15 is 0 Å². The zero-order chi connectivity index (χ0) is 14.5. The molecule has 20 heavy (non-hydrogen) atoms. The molecule has 0 saturated carbocycles. The summed E-state index contributed by atoms with van der Waals surface area (Å²) in [5.74, 6) is 0.307. The van der Waals surface area contributed by atoms with Crippen LogP contribution >= 0.6 is 0 Å². The summed E-state index contributed by atoms with van der Waals surface area (Å²) in [4.78, 5) is 15.8. The Balaban J connectivity index is 2.20. The van der Waals surface area contributed by atoms with E-state index in [9.17, 15) is 4.79 Å². The number of pyridine rings is 1. The van der Waals surface area contributed by atoms with Gasteiger partial charge in [0, 0.05) is 11.9 Å². The number of nitrogens with one attached hydrogen (secondary N) is 1. The summed E-state index contributed by atoms with van der Waals surface area (Å²) in [7, 11) is 1.41. The number of nitrogens with zero attached hydrogens (tertiary/aromatic N) is 1. The fourth-order valence-electron chi connectivity index (χ4n) is 1.98. The van der Waals surface area contributed by atoms with Crippen LogP contribution < -0.4 is 5.32 Å². The maximum atomic E-state index is 11.6. The highest BCUT2D eigenvalue weighted by Gasteiger charge is 2.16. The highest BCUT2D eigenvalue weighted by molar-refractivity contribution is 5.78. The van der Waals surface area contributed by atoms with Crippen LogP contribution in [0.3, 0.4) is 0 Å². The van der Waals surface area contributed by atoms with Crippen molar-refractivity contribution in [2.45, 2.75) is 19.8 Å². The van der Waals surface area contributed by atoms with Gasteiger partial charge in [-0.3, -0.25) is 4.79 Å². The van der Waals surface area contributed by atoms with Crippen LogP contribution in [0.4, 0.5) is 11.5 Å². The van der Waals surface area contributed by atoms with Crippen LogP contribution in [0.25, 0.3) is 0 Å². The third-order valence-electron chi connectivity index (χ3n) is 3.23. The van der Waals surface area contributed by atoms with Gasteiger partial charge in [0.25, 0.3) is 0 Å². The zero-order valence-electron chi connectivity index (χ0n) is 11.9. The Morgan fingerprint density at radius 1 is 1.30 bits per heavy atom. The van der Waals surface area contributed by atoms with Gasteiger partial charge in [0.2, 0.25) is 0 Å². The summed E-state index contributed by atoms with van der Waals surface area (Å²) in [5, 5.41) is 3.25. The second-order valence-electron chi connectivity index (χ2n) is 4.66. The van der Waals surface area contributed by atoms with Crippen molar-refractivity contribution in [3.05, 3.63) is 53.7 Å². The van der Waals surface area contributed by atoms with Gasteiger partial charge in [-0.15, -0.1) is 0 Å². The van der Waals surface area contributed by atoms with Crippen LogP contribution in [-0.2, 0) is 9.53 Å². The quantitative estimate of drug-likeness (QED) is 0.865. The molecule has 2 aromatic rings. The molecule has 0 aliphatic rings. The smallest absolute Gasteiger partial charge is 0.312 e. The molecule has 0 unspecified atom stereocenters. The number of carbonyl (C=O) groups excluding carboxylic acids is 1. The fourth-order valence-corrected chi connectivity index (χ4v) is 1.98. The van der Waals surface area contributed by atoms with E-state index in [2.05, 4.69) is 10.3 Å². The van der Waals surface area contributed by atoms with Crippen molar-refractivity contribution < 1.29 is 9.53 Å². The van der Waals surface area contributed by atoms with E-state index in [-0.39, 0.29) is 11.9 Å². The third-order valence-corrected chi connectivity index (χ3v) is 3.23. The van der Waals surface area contributed by atoms with Crippen molar-refractivity contribution in [3.8, 4) is 0 Å². The van der Waals surface area contributed by atoms with Crippen molar-refractivity contribution in [1.29, 1.82) is 0 Å². The number of carbonyl (C=O) groups is 1. The molecule has 1 atom stereocenters. The van der Waals surface area contributed by atoms with E-state index in [1.54, 1.807) is 6.20 Å². The Morgan fingerprint density at radius 3 is 2.70 bits per heavy atom. The first-order valence-corrected chi connectivity index (χ1v) is 6.48. The largest absolute Gasteiger partial charge is 0.469 e. The minimum atomic E-state index is -0.261. The number of hydrogen-bond donors (Lipinski definition) is 1. The molecule has 0 spiro atoms. The number of benzene rings is 1. The van der Waals surface area contributed by atoms with Crippen LogP contribution in [0.15, 0.2) is 42.6 Å². The van der Waals surface area contributed by atoms with E-state index in [1.165, 1.54) is 7.11 Å². The van der Waals surface area contributed by atoms with E-state index in [0.717, 1.165) is 22.6 Å². The Labute approximate surface area is 118 Å². The van der Waals surface area contributed by atoms with E-state index in [1.807, 2.05) is 50.2 Å². The summed E-state index contributed by atoms with van der Waals surface area (Å²) < 4.78 is 4.77. The Hall–Kier alpha value is -2.36. The lowest BCUT2D eigenvalue weighted by atomic mass is 9.98. The molecule has 0 aliphatic heterocycles. The molecule has 1 aromatic carbocycles. The average molecular weight is 270 g/mol. The van der Waals surface area contributed by atoms with Crippen LogP contribution in [0, 0.1) is 6.92 Å². The number of hydrogen-bond acceptors (Lipinski definition) is 4. The predicted molar refractivity (Wildman–Crippen MR) is 79.1 cm³/mol. The molecule has 104 valence electrons. The maximum absolute atomic E-state index is 11.6. The number of ether oxygens (including phenoxy) is 1. The second-order valence-corrected chi connectivity index (χ2v) is 4.66. The topological polar surface area (TPSA) is 51.2 Å². The predicted octanol–water partition coefficient (Wildman–Crippen LogP) is 3.41. The summed E-state index contributed by atoms with van der Waals surface area (Å²) in [6.45, 7) is 3.84. The Morgan fingerprint density at radius 2 is 2.10 bits per heavy atom. The van der Waals surface area contributed by atoms with Crippen molar-refractivity contribution in [2.75, 3.05) is 12.4 Å². The molecule has 1 N–H and O–H groups in total. The molecule has 2 rings (SSSR count). The Kier molecular flexibility index (Phi) is 4.35.